The van der Waals surface area contributed by atoms with Crippen LogP contribution in [0.3, 0.4) is 0 Å². The molecule has 6 atom stereocenters. The predicted octanol–water partition coefficient (Wildman–Crippen LogP) is 7.70. The van der Waals surface area contributed by atoms with E-state index in [4.69, 9.17) is 0 Å². The van der Waals surface area contributed by atoms with E-state index < -0.39 is 11.7 Å². The van der Waals surface area contributed by atoms with Gasteiger partial charge in [0.1, 0.15) is 0 Å². The standard InChI is InChI=1S/C27H33F3O/c1-25-13-4-3-5-19(25)10-11-21-22(25)12-14-26(2)23(21)16-18(24(26)31)15-17-6-8-20(9-7-17)27(28,29)30/h6-9,15,19,21-23H,3-5,10-14,16H2,1-2H3/b18-15+/t19-,21+,22-,23-,25+,26+/m1/s1. The van der Waals surface area contributed by atoms with Crippen LogP contribution < -0.4 is 0 Å². The van der Waals surface area contributed by atoms with E-state index in [0.717, 1.165) is 48.8 Å². The molecule has 1 nitrogen and oxygen atoms in total. The Bertz CT molecular complexity index is 898. The minimum atomic E-state index is -4.33. The molecule has 0 bridgehead atoms. The fourth-order valence-electron chi connectivity index (χ4n) is 8.06. The number of benzene rings is 1. The second-order valence-electron chi connectivity index (χ2n) is 11.2. The molecule has 0 saturated heterocycles. The summed E-state index contributed by atoms with van der Waals surface area (Å²) in [6.07, 6.45) is 8.40. The molecule has 0 aliphatic heterocycles. The predicted molar refractivity (Wildman–Crippen MR) is 116 cm³/mol. The number of rotatable bonds is 1. The van der Waals surface area contributed by atoms with Crippen LogP contribution in [-0.2, 0) is 11.0 Å². The lowest BCUT2D eigenvalue weighted by Crippen LogP contribution is -2.52. The van der Waals surface area contributed by atoms with Crippen LogP contribution in [0.2, 0.25) is 0 Å². The van der Waals surface area contributed by atoms with E-state index in [1.807, 2.05) is 6.08 Å². The molecule has 4 heteroatoms. The first-order valence-electron chi connectivity index (χ1n) is 12.1. The topological polar surface area (TPSA) is 17.1 Å². The Labute approximate surface area is 183 Å². The van der Waals surface area contributed by atoms with Gasteiger partial charge in [-0.2, -0.15) is 13.2 Å². The van der Waals surface area contributed by atoms with Crippen LogP contribution in [0.1, 0.15) is 82.8 Å². The fraction of sp³-hybridized carbons (Fsp3) is 0.667. The first-order valence-corrected chi connectivity index (χ1v) is 12.1. The van der Waals surface area contributed by atoms with Gasteiger partial charge in [-0.25, -0.2) is 0 Å². The summed E-state index contributed by atoms with van der Waals surface area (Å²) < 4.78 is 38.6. The summed E-state index contributed by atoms with van der Waals surface area (Å²) in [4.78, 5) is 13.5. The Hall–Kier alpha value is -1.58. The number of Topliss-reactive ketones (excluding diaryl/α,β-unsaturated/α-hetero) is 1. The van der Waals surface area contributed by atoms with Gasteiger partial charge in [0.2, 0.25) is 0 Å². The summed E-state index contributed by atoms with van der Waals surface area (Å²) in [5, 5.41) is 0. The Morgan fingerprint density at radius 3 is 2.39 bits per heavy atom. The SMILES string of the molecule is C[C@]12CCCC[C@@H]1CC[C@H]1[C@H]2CC[C@]2(C)C(=O)/C(=C/c3ccc(C(F)(F)F)cc3)C[C@H]12. The second-order valence-corrected chi connectivity index (χ2v) is 11.2. The Kier molecular flexibility index (Phi) is 4.95. The highest BCUT2D eigenvalue weighted by Crippen LogP contribution is 2.66. The molecule has 4 fully saturated rings. The van der Waals surface area contributed by atoms with E-state index in [2.05, 4.69) is 13.8 Å². The molecule has 0 heterocycles. The number of ketones is 1. The smallest absolute Gasteiger partial charge is 0.294 e. The molecule has 0 radical (unpaired) electrons. The molecular weight excluding hydrogens is 397 g/mol. The second kappa shape index (κ2) is 7.22. The Balaban J connectivity index is 1.42. The van der Waals surface area contributed by atoms with Crippen molar-refractivity contribution in [2.24, 2.45) is 34.5 Å². The summed E-state index contributed by atoms with van der Waals surface area (Å²) >= 11 is 0. The number of allylic oxidation sites excluding steroid dienone is 1. The zero-order valence-corrected chi connectivity index (χ0v) is 18.6. The van der Waals surface area contributed by atoms with Crippen molar-refractivity contribution in [1.82, 2.24) is 0 Å². The highest BCUT2D eigenvalue weighted by Gasteiger charge is 2.60. The van der Waals surface area contributed by atoms with Crippen LogP contribution >= 0.6 is 0 Å². The van der Waals surface area contributed by atoms with Crippen LogP contribution in [0.4, 0.5) is 13.2 Å². The lowest BCUT2D eigenvalue weighted by atomic mass is 9.45. The lowest BCUT2D eigenvalue weighted by molar-refractivity contribution is -0.138. The van der Waals surface area contributed by atoms with E-state index in [1.54, 1.807) is 0 Å². The molecule has 4 saturated carbocycles. The van der Waals surface area contributed by atoms with Gasteiger partial charge >= 0.3 is 6.18 Å². The highest BCUT2D eigenvalue weighted by molar-refractivity contribution is 6.05. The number of hydrogen-bond acceptors (Lipinski definition) is 1. The van der Waals surface area contributed by atoms with Crippen molar-refractivity contribution in [2.45, 2.75) is 77.8 Å². The van der Waals surface area contributed by atoms with E-state index in [0.29, 0.717) is 22.8 Å². The van der Waals surface area contributed by atoms with Crippen molar-refractivity contribution in [3.63, 3.8) is 0 Å². The van der Waals surface area contributed by atoms with Crippen molar-refractivity contribution in [1.29, 1.82) is 0 Å². The third kappa shape index (κ3) is 3.31. The number of halogens is 3. The first kappa shape index (κ1) is 21.3. The molecule has 1 aromatic rings. The van der Waals surface area contributed by atoms with Gasteiger partial charge < -0.3 is 0 Å². The van der Waals surface area contributed by atoms with Crippen LogP contribution in [0.25, 0.3) is 6.08 Å². The van der Waals surface area contributed by atoms with Crippen molar-refractivity contribution < 1.29 is 18.0 Å². The molecule has 0 N–H and O–H groups in total. The summed E-state index contributed by atoms with van der Waals surface area (Å²) in [6, 6.07) is 5.21. The summed E-state index contributed by atoms with van der Waals surface area (Å²) in [7, 11) is 0. The lowest BCUT2D eigenvalue weighted by Gasteiger charge is -2.59. The van der Waals surface area contributed by atoms with Crippen molar-refractivity contribution in [3.05, 3.63) is 41.0 Å². The fourth-order valence-corrected chi connectivity index (χ4v) is 8.06. The number of hydrogen-bond donors (Lipinski definition) is 0. The molecule has 168 valence electrons. The molecule has 4 aliphatic carbocycles. The quantitative estimate of drug-likeness (QED) is 0.417. The maximum Gasteiger partial charge on any atom is 0.416 e. The van der Waals surface area contributed by atoms with E-state index >= 15 is 0 Å². The van der Waals surface area contributed by atoms with Crippen LogP contribution in [-0.4, -0.2) is 5.78 Å². The molecule has 0 aromatic heterocycles. The van der Waals surface area contributed by atoms with Crippen molar-refractivity contribution in [2.75, 3.05) is 0 Å². The molecular formula is C27H33F3O. The van der Waals surface area contributed by atoms with Crippen LogP contribution in [0, 0.1) is 34.5 Å². The molecule has 4 aliphatic rings. The zero-order valence-electron chi connectivity index (χ0n) is 18.6. The number of carbonyl (C=O) groups is 1. The summed E-state index contributed by atoms with van der Waals surface area (Å²) in [5.74, 6) is 2.82. The monoisotopic (exact) mass is 430 g/mol. The van der Waals surface area contributed by atoms with Gasteiger partial charge in [-0.1, -0.05) is 38.8 Å². The van der Waals surface area contributed by atoms with Gasteiger partial charge in [-0.15, -0.1) is 0 Å². The highest BCUT2D eigenvalue weighted by atomic mass is 19.4. The van der Waals surface area contributed by atoms with Crippen molar-refractivity contribution >= 4 is 11.9 Å². The van der Waals surface area contributed by atoms with Gasteiger partial charge in [0, 0.05) is 5.41 Å². The largest absolute Gasteiger partial charge is 0.416 e. The van der Waals surface area contributed by atoms with Crippen molar-refractivity contribution in [3.8, 4) is 0 Å². The number of alkyl halides is 3. The van der Waals surface area contributed by atoms with Gasteiger partial charge in [0.05, 0.1) is 5.56 Å². The van der Waals surface area contributed by atoms with E-state index in [1.165, 1.54) is 50.7 Å². The third-order valence-electron chi connectivity index (χ3n) is 9.80. The number of fused-ring (bicyclic) bond motifs is 5. The van der Waals surface area contributed by atoms with Gasteiger partial charge in [-0.3, -0.25) is 4.79 Å². The maximum atomic E-state index is 13.5. The third-order valence-corrected chi connectivity index (χ3v) is 9.80. The van der Waals surface area contributed by atoms with E-state index in [9.17, 15) is 18.0 Å². The molecule has 0 unspecified atom stereocenters. The average molecular weight is 431 g/mol. The summed E-state index contributed by atoms with van der Waals surface area (Å²) in [6.45, 7) is 4.70. The normalized spacial score (nSPS) is 41.6. The zero-order chi connectivity index (χ0) is 22.0. The molecule has 5 rings (SSSR count). The molecule has 0 spiro atoms. The van der Waals surface area contributed by atoms with Crippen LogP contribution in [0.15, 0.2) is 29.8 Å². The van der Waals surface area contributed by atoms with Crippen LogP contribution in [0.5, 0.6) is 0 Å². The van der Waals surface area contributed by atoms with Gasteiger partial charge in [0.25, 0.3) is 0 Å². The molecule has 0 amide bonds. The number of carbonyl (C=O) groups excluding carboxylic acids is 1. The summed E-state index contributed by atoms with van der Waals surface area (Å²) in [5.41, 5.74) is 1.01. The average Bonchev–Trinajstić information content (AvgIpc) is 2.98. The molecule has 31 heavy (non-hydrogen) atoms. The maximum absolute atomic E-state index is 13.5. The van der Waals surface area contributed by atoms with Gasteiger partial charge in [0.15, 0.2) is 5.78 Å². The Morgan fingerprint density at radius 2 is 1.68 bits per heavy atom. The minimum Gasteiger partial charge on any atom is -0.294 e. The molecule has 1 aromatic carbocycles. The minimum absolute atomic E-state index is 0.242. The first-order chi connectivity index (χ1) is 14.6. The Morgan fingerprint density at radius 1 is 0.935 bits per heavy atom. The van der Waals surface area contributed by atoms with Gasteiger partial charge in [-0.05, 0) is 103 Å². The van der Waals surface area contributed by atoms with E-state index in [-0.39, 0.29) is 11.2 Å².